The van der Waals surface area contributed by atoms with Gasteiger partial charge in [-0.3, -0.25) is 19.1 Å². The van der Waals surface area contributed by atoms with Crippen LogP contribution in [0.25, 0.3) is 5.69 Å². The summed E-state index contributed by atoms with van der Waals surface area (Å²) >= 11 is 0. The van der Waals surface area contributed by atoms with E-state index in [1.54, 1.807) is 91.4 Å². The van der Waals surface area contributed by atoms with Crippen molar-refractivity contribution in [1.82, 2.24) is 14.8 Å². The molecule has 0 saturated heterocycles. The van der Waals surface area contributed by atoms with Crippen molar-refractivity contribution in [2.24, 2.45) is 12.1 Å². The summed E-state index contributed by atoms with van der Waals surface area (Å²) in [5.41, 5.74) is 3.26. The second-order valence-electron chi connectivity index (χ2n) is 8.22. The number of nitrogens with zero attached hydrogens (tertiary/aromatic N) is 3. The van der Waals surface area contributed by atoms with E-state index in [-0.39, 0.29) is 17.0 Å². The van der Waals surface area contributed by atoms with Crippen molar-refractivity contribution in [2.75, 3.05) is 12.4 Å². The second kappa shape index (κ2) is 11.7. The van der Waals surface area contributed by atoms with Crippen molar-refractivity contribution in [3.8, 4) is 17.2 Å². The molecule has 11 nitrogen and oxygen atoms in total. The van der Waals surface area contributed by atoms with Gasteiger partial charge in [-0.1, -0.05) is 42.5 Å². The zero-order valence-corrected chi connectivity index (χ0v) is 21.4. The molecule has 0 spiro atoms. The molecule has 0 radical (unpaired) electrons. The lowest BCUT2D eigenvalue weighted by molar-refractivity contribution is -0.136. The molecule has 3 aromatic carbocycles. The van der Waals surface area contributed by atoms with Crippen molar-refractivity contribution in [3.05, 3.63) is 106 Å². The number of para-hydroxylation sites is 3. The minimum atomic E-state index is -1.09. The van der Waals surface area contributed by atoms with Crippen LogP contribution in [0.2, 0.25) is 0 Å². The van der Waals surface area contributed by atoms with E-state index in [9.17, 15) is 19.2 Å². The monoisotopic (exact) mass is 527 g/mol. The fraction of sp³-hybridized carbons (Fsp3) is 0.107. The van der Waals surface area contributed by atoms with E-state index < -0.39 is 23.3 Å². The van der Waals surface area contributed by atoms with E-state index in [4.69, 9.17) is 9.47 Å². The van der Waals surface area contributed by atoms with E-state index in [2.05, 4.69) is 15.8 Å². The Bertz CT molecular complexity index is 1620. The highest BCUT2D eigenvalue weighted by Crippen LogP contribution is 2.22. The first-order valence-corrected chi connectivity index (χ1v) is 11.7. The Balaban J connectivity index is 1.44. The number of amides is 2. The van der Waals surface area contributed by atoms with Gasteiger partial charge in [0.2, 0.25) is 0 Å². The van der Waals surface area contributed by atoms with Crippen LogP contribution in [-0.4, -0.2) is 40.5 Å². The maximum Gasteiger partial charge on any atom is 0.347 e. The Morgan fingerprint density at radius 3 is 2.23 bits per heavy atom. The number of carbonyl (C=O) groups is 3. The maximum absolute atomic E-state index is 13.0. The first-order valence-electron chi connectivity index (χ1n) is 11.7. The Kier molecular flexibility index (Phi) is 8.00. The summed E-state index contributed by atoms with van der Waals surface area (Å²) in [5, 5.41) is 6.17. The predicted octanol–water partition coefficient (Wildman–Crippen LogP) is 2.80. The highest BCUT2D eigenvalue weighted by Gasteiger charge is 2.21. The van der Waals surface area contributed by atoms with Gasteiger partial charge in [0.15, 0.2) is 0 Å². The summed E-state index contributed by atoms with van der Waals surface area (Å²) in [5.74, 6) is -2.28. The van der Waals surface area contributed by atoms with E-state index >= 15 is 0 Å². The lowest BCUT2D eigenvalue weighted by Crippen LogP contribution is -2.34. The van der Waals surface area contributed by atoms with Crippen molar-refractivity contribution in [1.29, 1.82) is 0 Å². The first-order chi connectivity index (χ1) is 18.8. The number of esters is 1. The Morgan fingerprint density at radius 1 is 0.872 bits per heavy atom. The zero-order chi connectivity index (χ0) is 27.9. The molecule has 0 bridgehead atoms. The van der Waals surface area contributed by atoms with Gasteiger partial charge in [0.25, 0.3) is 5.56 Å². The van der Waals surface area contributed by atoms with Crippen molar-refractivity contribution in [3.63, 3.8) is 0 Å². The summed E-state index contributed by atoms with van der Waals surface area (Å²) in [7, 11) is 3.12. The molecule has 2 N–H and O–H groups in total. The molecule has 2 amide bonds. The number of aromatic nitrogens is 2. The second-order valence-corrected chi connectivity index (χ2v) is 8.22. The van der Waals surface area contributed by atoms with Crippen LogP contribution in [0.3, 0.4) is 0 Å². The molecule has 39 heavy (non-hydrogen) atoms. The van der Waals surface area contributed by atoms with Crippen LogP contribution in [-0.2, 0) is 16.6 Å². The summed E-state index contributed by atoms with van der Waals surface area (Å²) in [6.07, 6.45) is 1.23. The molecule has 0 aliphatic carbocycles. The molecule has 1 heterocycles. The lowest BCUT2D eigenvalue weighted by Gasteiger charge is -2.10. The lowest BCUT2D eigenvalue weighted by atomic mass is 10.2. The van der Waals surface area contributed by atoms with Gasteiger partial charge in [0.1, 0.15) is 22.7 Å². The van der Waals surface area contributed by atoms with Gasteiger partial charge in [-0.25, -0.2) is 14.9 Å². The summed E-state index contributed by atoms with van der Waals surface area (Å²) in [4.78, 5) is 50.5. The fourth-order valence-corrected chi connectivity index (χ4v) is 3.74. The third-order valence-electron chi connectivity index (χ3n) is 5.82. The third kappa shape index (κ3) is 5.77. The average molecular weight is 528 g/mol. The van der Waals surface area contributed by atoms with Crippen LogP contribution in [0.4, 0.5) is 5.69 Å². The van der Waals surface area contributed by atoms with Gasteiger partial charge in [-0.05, 0) is 43.3 Å². The van der Waals surface area contributed by atoms with E-state index in [1.165, 1.54) is 18.0 Å². The van der Waals surface area contributed by atoms with Crippen LogP contribution in [0.1, 0.15) is 21.6 Å². The van der Waals surface area contributed by atoms with E-state index in [0.717, 1.165) is 0 Å². The highest BCUT2D eigenvalue weighted by molar-refractivity contribution is 6.39. The molecular weight excluding hydrogens is 502 g/mol. The topological polar surface area (TPSA) is 133 Å². The molecule has 0 aliphatic heterocycles. The quantitative estimate of drug-likeness (QED) is 0.125. The Hall–Kier alpha value is -5.45. The van der Waals surface area contributed by atoms with Gasteiger partial charge >= 0.3 is 17.8 Å². The largest absolute Gasteiger partial charge is 0.496 e. The minimum absolute atomic E-state index is 0.0286. The molecule has 11 heteroatoms. The molecule has 0 aliphatic rings. The first kappa shape index (κ1) is 26.6. The van der Waals surface area contributed by atoms with Gasteiger partial charge in [-0.2, -0.15) is 5.10 Å². The van der Waals surface area contributed by atoms with Gasteiger partial charge in [0, 0.05) is 12.6 Å². The normalized spacial score (nSPS) is 10.7. The van der Waals surface area contributed by atoms with Crippen LogP contribution in [0, 0.1) is 6.92 Å². The van der Waals surface area contributed by atoms with Gasteiger partial charge in [-0.15, -0.1) is 0 Å². The smallest absolute Gasteiger partial charge is 0.347 e. The summed E-state index contributed by atoms with van der Waals surface area (Å²) in [6.45, 7) is 1.65. The SMILES string of the molecule is COc1ccccc1C(=O)Oc1ccccc1C=NNC(=O)C(=O)Nc1c(C)n(C)n(-c2ccccc2)c1=O. The zero-order valence-electron chi connectivity index (χ0n) is 21.4. The van der Waals surface area contributed by atoms with E-state index in [1.807, 2.05) is 6.07 Å². The molecule has 1 aromatic heterocycles. The molecule has 0 saturated carbocycles. The molecule has 198 valence electrons. The summed E-state index contributed by atoms with van der Waals surface area (Å²) in [6, 6.07) is 22.0. The predicted molar refractivity (Wildman–Crippen MR) is 145 cm³/mol. The standard InChI is InChI=1S/C28H25N5O6/c1-18-24(27(36)33(32(18)2)20-12-5-4-6-13-20)30-25(34)26(35)31-29-17-19-11-7-9-15-22(19)39-28(37)21-14-8-10-16-23(21)38-3/h4-17H,1-3H3,(H,30,34)(H,31,35). The molecule has 0 atom stereocenters. The van der Waals surface area contributed by atoms with Crippen LogP contribution < -0.4 is 25.8 Å². The van der Waals surface area contributed by atoms with E-state index in [0.29, 0.717) is 22.7 Å². The third-order valence-corrected chi connectivity index (χ3v) is 5.82. The maximum atomic E-state index is 13.0. The number of hydrogen-bond donors (Lipinski definition) is 2. The van der Waals surface area contributed by atoms with Gasteiger partial charge < -0.3 is 14.8 Å². The molecule has 4 rings (SSSR count). The number of benzene rings is 3. The number of rotatable bonds is 7. The Morgan fingerprint density at radius 2 is 1.51 bits per heavy atom. The van der Waals surface area contributed by atoms with Crippen LogP contribution in [0.5, 0.6) is 11.5 Å². The highest BCUT2D eigenvalue weighted by atomic mass is 16.5. The molecule has 4 aromatic rings. The average Bonchev–Trinajstić information content (AvgIpc) is 3.16. The van der Waals surface area contributed by atoms with Crippen molar-refractivity contribution < 1.29 is 23.9 Å². The van der Waals surface area contributed by atoms with Crippen LogP contribution >= 0.6 is 0 Å². The number of hydrogen-bond acceptors (Lipinski definition) is 7. The number of carbonyl (C=O) groups excluding carboxylic acids is 3. The fourth-order valence-electron chi connectivity index (χ4n) is 3.74. The number of ether oxygens (including phenoxy) is 2. The number of hydrazone groups is 1. The van der Waals surface area contributed by atoms with Crippen LogP contribution in [0.15, 0.2) is 88.8 Å². The number of anilines is 1. The van der Waals surface area contributed by atoms with Gasteiger partial charge in [0.05, 0.1) is 24.7 Å². The number of nitrogens with one attached hydrogen (secondary N) is 2. The molecule has 0 unspecified atom stereocenters. The number of methoxy groups -OCH3 is 1. The van der Waals surface area contributed by atoms with Crippen molar-refractivity contribution in [2.45, 2.75) is 6.92 Å². The Labute approximate surface area is 223 Å². The molecular formula is C28H25N5O6. The summed E-state index contributed by atoms with van der Waals surface area (Å²) < 4.78 is 13.6. The minimum Gasteiger partial charge on any atom is -0.496 e. The molecule has 0 fully saturated rings. The van der Waals surface area contributed by atoms with Crippen molar-refractivity contribution >= 4 is 29.7 Å².